The minimum Gasteiger partial charge on any atom is -0.322 e. The number of sulfonamides is 1. The van der Waals surface area contributed by atoms with Crippen LogP contribution in [-0.2, 0) is 10.0 Å². The molecule has 0 saturated heterocycles. The molecular formula is C21H19N3O3S. The van der Waals surface area contributed by atoms with E-state index in [0.29, 0.717) is 17.0 Å². The molecule has 0 atom stereocenters. The summed E-state index contributed by atoms with van der Waals surface area (Å²) in [4.78, 5) is 14.5. The maximum atomic E-state index is 12.2. The van der Waals surface area contributed by atoms with Crippen LogP contribution < -0.4 is 10.1 Å². The third-order valence-electron chi connectivity index (χ3n) is 3.98. The average molecular weight is 393 g/mol. The fourth-order valence-electron chi connectivity index (χ4n) is 2.43. The highest BCUT2D eigenvalue weighted by Gasteiger charge is 2.12. The smallest absolute Gasteiger partial charge is 0.276 e. The van der Waals surface area contributed by atoms with E-state index in [2.05, 4.69) is 15.2 Å². The van der Waals surface area contributed by atoms with Gasteiger partial charge in [0.25, 0.3) is 15.9 Å². The summed E-state index contributed by atoms with van der Waals surface area (Å²) < 4.78 is 24.4. The number of nitrogens with zero attached hydrogens (tertiary/aromatic N) is 1. The highest BCUT2D eigenvalue weighted by Crippen LogP contribution is 2.13. The first-order valence-corrected chi connectivity index (χ1v) is 10.0. The largest absolute Gasteiger partial charge is 0.322 e. The van der Waals surface area contributed by atoms with Gasteiger partial charge in [0.15, 0.2) is 0 Å². The lowest BCUT2D eigenvalue weighted by molar-refractivity contribution is 0.102. The number of hydrogen-bond acceptors (Lipinski definition) is 4. The van der Waals surface area contributed by atoms with Gasteiger partial charge in [-0.15, -0.1) is 0 Å². The Bertz CT molecular complexity index is 1080. The van der Waals surface area contributed by atoms with Crippen molar-refractivity contribution in [2.75, 3.05) is 5.32 Å². The van der Waals surface area contributed by atoms with Crippen LogP contribution in [0.25, 0.3) is 0 Å². The van der Waals surface area contributed by atoms with E-state index in [-0.39, 0.29) is 10.8 Å². The molecule has 0 bridgehead atoms. The fourth-order valence-corrected chi connectivity index (χ4v) is 3.31. The van der Waals surface area contributed by atoms with Crippen LogP contribution in [0.2, 0.25) is 0 Å². The minimum absolute atomic E-state index is 0.144. The van der Waals surface area contributed by atoms with Crippen molar-refractivity contribution in [3.63, 3.8) is 0 Å². The molecule has 3 aromatic rings. The van der Waals surface area contributed by atoms with Gasteiger partial charge in [-0.1, -0.05) is 48.5 Å². The van der Waals surface area contributed by atoms with Gasteiger partial charge >= 0.3 is 0 Å². The molecule has 2 N–H and O–H groups in total. The number of benzene rings is 3. The number of hydrazone groups is 1. The predicted molar refractivity (Wildman–Crippen MR) is 110 cm³/mol. The van der Waals surface area contributed by atoms with E-state index in [0.717, 1.165) is 5.56 Å². The standard InChI is InChI=1S/C21H19N3O3S/c1-16(23-24-28(26,27)20-10-6-3-7-11-20)17-12-14-19(15-13-17)22-21(25)18-8-4-2-5-9-18/h2-15,24H,1H3,(H,22,25)/b23-16-. The Morgan fingerprint density at radius 3 is 1.96 bits per heavy atom. The van der Waals surface area contributed by atoms with Gasteiger partial charge in [-0.05, 0) is 48.9 Å². The molecule has 0 aliphatic rings. The molecule has 0 spiro atoms. The first-order chi connectivity index (χ1) is 13.5. The Kier molecular flexibility index (Phi) is 5.86. The SMILES string of the molecule is C/C(=N/NS(=O)(=O)c1ccccc1)c1ccc(NC(=O)c2ccccc2)cc1. The Morgan fingerprint density at radius 2 is 1.36 bits per heavy atom. The van der Waals surface area contributed by atoms with Crippen molar-refractivity contribution in [1.82, 2.24) is 4.83 Å². The van der Waals surface area contributed by atoms with Gasteiger partial charge in [0.2, 0.25) is 0 Å². The van der Waals surface area contributed by atoms with Crippen molar-refractivity contribution in [2.24, 2.45) is 5.10 Å². The first-order valence-electron chi connectivity index (χ1n) is 8.54. The highest BCUT2D eigenvalue weighted by molar-refractivity contribution is 7.89. The van der Waals surface area contributed by atoms with Crippen LogP contribution in [0.15, 0.2) is 94.9 Å². The summed E-state index contributed by atoms with van der Waals surface area (Å²) in [5, 5.41) is 6.78. The third kappa shape index (κ3) is 4.83. The molecule has 0 aliphatic heterocycles. The van der Waals surface area contributed by atoms with Crippen molar-refractivity contribution < 1.29 is 13.2 Å². The van der Waals surface area contributed by atoms with Gasteiger partial charge in [-0.3, -0.25) is 4.79 Å². The van der Waals surface area contributed by atoms with E-state index < -0.39 is 10.0 Å². The first kappa shape index (κ1) is 19.3. The minimum atomic E-state index is -3.71. The van der Waals surface area contributed by atoms with Gasteiger partial charge in [0.1, 0.15) is 0 Å². The van der Waals surface area contributed by atoms with Crippen molar-refractivity contribution in [1.29, 1.82) is 0 Å². The molecule has 28 heavy (non-hydrogen) atoms. The molecule has 0 aliphatic carbocycles. The average Bonchev–Trinajstić information content (AvgIpc) is 2.74. The summed E-state index contributed by atoms with van der Waals surface area (Å²) >= 11 is 0. The second-order valence-electron chi connectivity index (χ2n) is 6.00. The molecule has 0 unspecified atom stereocenters. The molecule has 0 saturated carbocycles. The van der Waals surface area contributed by atoms with Crippen molar-refractivity contribution >= 4 is 27.3 Å². The topological polar surface area (TPSA) is 87.6 Å². The predicted octanol–water partition coefficient (Wildman–Crippen LogP) is 3.64. The van der Waals surface area contributed by atoms with Crippen LogP contribution in [0.3, 0.4) is 0 Å². The van der Waals surface area contributed by atoms with Crippen molar-refractivity contribution in [2.45, 2.75) is 11.8 Å². The summed E-state index contributed by atoms with van der Waals surface area (Å²) in [6.45, 7) is 1.70. The Morgan fingerprint density at radius 1 is 0.786 bits per heavy atom. The summed E-state index contributed by atoms with van der Waals surface area (Å²) in [5.74, 6) is -0.200. The second-order valence-corrected chi connectivity index (χ2v) is 7.66. The monoisotopic (exact) mass is 393 g/mol. The zero-order chi connectivity index (χ0) is 20.0. The summed E-state index contributed by atoms with van der Waals surface area (Å²) in [6.07, 6.45) is 0. The van der Waals surface area contributed by atoms with Gasteiger partial charge in [-0.2, -0.15) is 18.4 Å². The van der Waals surface area contributed by atoms with E-state index >= 15 is 0 Å². The number of rotatable bonds is 6. The molecule has 6 nitrogen and oxygen atoms in total. The number of carbonyl (C=O) groups is 1. The molecule has 142 valence electrons. The van der Waals surface area contributed by atoms with Crippen molar-refractivity contribution in [3.05, 3.63) is 96.1 Å². The Labute approximate surface area is 164 Å². The van der Waals surface area contributed by atoms with E-state index in [4.69, 9.17) is 0 Å². The lowest BCUT2D eigenvalue weighted by atomic mass is 10.1. The molecule has 0 radical (unpaired) electrons. The molecule has 0 fully saturated rings. The quantitative estimate of drug-likeness (QED) is 0.495. The van der Waals surface area contributed by atoms with E-state index in [1.165, 1.54) is 12.1 Å². The summed E-state index contributed by atoms with van der Waals surface area (Å²) in [5.41, 5.74) is 2.43. The van der Waals surface area contributed by atoms with E-state index in [1.807, 2.05) is 6.07 Å². The molecule has 0 heterocycles. The van der Waals surface area contributed by atoms with Gasteiger partial charge < -0.3 is 5.32 Å². The maximum Gasteiger partial charge on any atom is 0.276 e. The van der Waals surface area contributed by atoms with Crippen LogP contribution in [0, 0.1) is 0 Å². The maximum absolute atomic E-state index is 12.2. The molecule has 3 rings (SSSR count). The van der Waals surface area contributed by atoms with E-state index in [1.54, 1.807) is 73.7 Å². The van der Waals surface area contributed by atoms with Gasteiger partial charge in [0, 0.05) is 11.3 Å². The van der Waals surface area contributed by atoms with Crippen LogP contribution >= 0.6 is 0 Å². The lowest BCUT2D eigenvalue weighted by Gasteiger charge is -2.08. The van der Waals surface area contributed by atoms with Crippen LogP contribution in [0.4, 0.5) is 5.69 Å². The zero-order valence-corrected chi connectivity index (χ0v) is 16.0. The highest BCUT2D eigenvalue weighted by atomic mass is 32.2. The number of amides is 1. The van der Waals surface area contributed by atoms with Gasteiger partial charge in [-0.25, -0.2) is 0 Å². The number of hydrogen-bond donors (Lipinski definition) is 2. The van der Waals surface area contributed by atoms with Crippen LogP contribution in [0.5, 0.6) is 0 Å². The summed E-state index contributed by atoms with van der Waals surface area (Å²) in [6, 6.07) is 23.9. The number of carbonyl (C=O) groups excluding carboxylic acids is 1. The van der Waals surface area contributed by atoms with Crippen molar-refractivity contribution in [3.8, 4) is 0 Å². The summed E-state index contributed by atoms with van der Waals surface area (Å²) in [7, 11) is -3.71. The Hall–Kier alpha value is -3.45. The molecule has 1 amide bonds. The second kappa shape index (κ2) is 8.49. The third-order valence-corrected chi connectivity index (χ3v) is 5.21. The normalized spacial score (nSPS) is 11.7. The molecule has 0 aromatic heterocycles. The number of nitrogens with one attached hydrogen (secondary N) is 2. The molecular weight excluding hydrogens is 374 g/mol. The van der Waals surface area contributed by atoms with Crippen LogP contribution in [0.1, 0.15) is 22.8 Å². The zero-order valence-electron chi connectivity index (χ0n) is 15.2. The van der Waals surface area contributed by atoms with E-state index in [9.17, 15) is 13.2 Å². The van der Waals surface area contributed by atoms with Crippen LogP contribution in [-0.4, -0.2) is 20.0 Å². The lowest BCUT2D eigenvalue weighted by Crippen LogP contribution is -2.19. The molecule has 3 aromatic carbocycles. The van der Waals surface area contributed by atoms with Gasteiger partial charge in [0.05, 0.1) is 10.6 Å². The molecule has 7 heteroatoms. The number of anilines is 1. The fraction of sp³-hybridized carbons (Fsp3) is 0.0476. The Balaban J connectivity index is 1.67.